The van der Waals surface area contributed by atoms with Gasteiger partial charge in [0.2, 0.25) is 0 Å². The van der Waals surface area contributed by atoms with Gasteiger partial charge in [-0.05, 0) is 30.0 Å². The summed E-state index contributed by atoms with van der Waals surface area (Å²) < 4.78 is 0. The van der Waals surface area contributed by atoms with E-state index in [9.17, 15) is 0 Å². The third-order valence-corrected chi connectivity index (χ3v) is 4.15. The molecule has 2 rings (SSSR count). The highest BCUT2D eigenvalue weighted by molar-refractivity contribution is 6.31. The van der Waals surface area contributed by atoms with Crippen LogP contribution in [0.5, 0.6) is 0 Å². The average molecular weight is 267 g/mol. The third-order valence-electron chi connectivity index (χ3n) is 3.74. The zero-order valence-corrected chi connectivity index (χ0v) is 12.5. The standard InChI is InChI=1S/C15H23ClN2/c1-11-5-6-12(9-13(11)16)18-8-7-17-14(10-18)15(2,3)4/h5-6,9,14,17H,7-8,10H2,1-4H3. The predicted octanol–water partition coefficient (Wildman–Crippen LogP) is 3.47. The summed E-state index contributed by atoms with van der Waals surface area (Å²) in [7, 11) is 0. The Kier molecular flexibility index (Phi) is 3.88. The van der Waals surface area contributed by atoms with Gasteiger partial charge in [0, 0.05) is 36.4 Å². The van der Waals surface area contributed by atoms with Gasteiger partial charge in [-0.3, -0.25) is 0 Å². The van der Waals surface area contributed by atoms with E-state index in [1.807, 2.05) is 6.92 Å². The molecule has 1 atom stereocenters. The summed E-state index contributed by atoms with van der Waals surface area (Å²) >= 11 is 6.22. The van der Waals surface area contributed by atoms with Gasteiger partial charge in [0.1, 0.15) is 0 Å². The molecule has 1 aliphatic heterocycles. The van der Waals surface area contributed by atoms with Crippen LogP contribution in [0.25, 0.3) is 0 Å². The molecule has 100 valence electrons. The Morgan fingerprint density at radius 1 is 1.33 bits per heavy atom. The van der Waals surface area contributed by atoms with Gasteiger partial charge in [-0.25, -0.2) is 0 Å². The van der Waals surface area contributed by atoms with Crippen LogP contribution < -0.4 is 10.2 Å². The number of nitrogens with one attached hydrogen (secondary N) is 1. The van der Waals surface area contributed by atoms with E-state index in [4.69, 9.17) is 11.6 Å². The van der Waals surface area contributed by atoms with Gasteiger partial charge in [0.15, 0.2) is 0 Å². The molecular formula is C15H23ClN2. The predicted molar refractivity (Wildman–Crippen MR) is 79.6 cm³/mol. The number of piperazine rings is 1. The minimum atomic E-state index is 0.285. The lowest BCUT2D eigenvalue weighted by molar-refractivity contribution is 0.254. The zero-order chi connectivity index (χ0) is 13.3. The fourth-order valence-electron chi connectivity index (χ4n) is 2.34. The number of rotatable bonds is 1. The van der Waals surface area contributed by atoms with E-state index in [1.165, 1.54) is 5.69 Å². The second-order valence-electron chi connectivity index (χ2n) is 6.25. The first kappa shape index (κ1) is 13.7. The topological polar surface area (TPSA) is 15.3 Å². The van der Waals surface area contributed by atoms with E-state index in [2.05, 4.69) is 49.2 Å². The molecule has 1 heterocycles. The Hall–Kier alpha value is -0.730. The van der Waals surface area contributed by atoms with Crippen LogP contribution in [0.15, 0.2) is 18.2 Å². The number of benzene rings is 1. The van der Waals surface area contributed by atoms with Gasteiger partial charge in [-0.15, -0.1) is 0 Å². The lowest BCUT2D eigenvalue weighted by atomic mass is 9.85. The normalized spacial score (nSPS) is 21.2. The summed E-state index contributed by atoms with van der Waals surface area (Å²) in [5.74, 6) is 0. The van der Waals surface area contributed by atoms with E-state index < -0.39 is 0 Å². The number of hydrogen-bond donors (Lipinski definition) is 1. The summed E-state index contributed by atoms with van der Waals surface area (Å²) in [6.45, 7) is 12.0. The van der Waals surface area contributed by atoms with Gasteiger partial charge < -0.3 is 10.2 Å². The Morgan fingerprint density at radius 3 is 2.67 bits per heavy atom. The molecule has 1 aromatic rings. The molecule has 3 heteroatoms. The first-order chi connectivity index (χ1) is 8.38. The van der Waals surface area contributed by atoms with E-state index in [-0.39, 0.29) is 5.41 Å². The van der Waals surface area contributed by atoms with Crippen LogP contribution in [0.3, 0.4) is 0 Å². The number of halogens is 1. The van der Waals surface area contributed by atoms with Gasteiger partial charge in [0.05, 0.1) is 0 Å². The molecule has 1 aromatic carbocycles. The summed E-state index contributed by atoms with van der Waals surface area (Å²) in [5, 5.41) is 4.47. The first-order valence-corrected chi connectivity index (χ1v) is 7.00. The number of aryl methyl sites for hydroxylation is 1. The summed E-state index contributed by atoms with van der Waals surface area (Å²) in [6.07, 6.45) is 0. The van der Waals surface area contributed by atoms with Crippen LogP contribution in [-0.4, -0.2) is 25.7 Å². The SMILES string of the molecule is Cc1ccc(N2CCNC(C(C)(C)C)C2)cc1Cl. The van der Waals surface area contributed by atoms with E-state index >= 15 is 0 Å². The lowest BCUT2D eigenvalue weighted by Crippen LogP contribution is -2.56. The zero-order valence-electron chi connectivity index (χ0n) is 11.8. The lowest BCUT2D eigenvalue weighted by Gasteiger charge is -2.41. The fraction of sp³-hybridized carbons (Fsp3) is 0.600. The Morgan fingerprint density at radius 2 is 2.06 bits per heavy atom. The van der Waals surface area contributed by atoms with E-state index in [1.54, 1.807) is 0 Å². The molecule has 0 radical (unpaired) electrons. The van der Waals surface area contributed by atoms with Crippen molar-refractivity contribution in [1.29, 1.82) is 0 Å². The van der Waals surface area contributed by atoms with Crippen molar-refractivity contribution in [2.45, 2.75) is 33.7 Å². The van der Waals surface area contributed by atoms with Crippen molar-refractivity contribution in [2.75, 3.05) is 24.5 Å². The van der Waals surface area contributed by atoms with Crippen LogP contribution >= 0.6 is 11.6 Å². The first-order valence-electron chi connectivity index (χ1n) is 6.62. The fourth-order valence-corrected chi connectivity index (χ4v) is 2.52. The Labute approximate surface area is 115 Å². The van der Waals surface area contributed by atoms with Crippen LogP contribution in [0.2, 0.25) is 5.02 Å². The molecule has 2 nitrogen and oxygen atoms in total. The molecule has 18 heavy (non-hydrogen) atoms. The van der Waals surface area contributed by atoms with E-state index in [0.29, 0.717) is 6.04 Å². The minimum absolute atomic E-state index is 0.285. The minimum Gasteiger partial charge on any atom is -0.369 e. The highest BCUT2D eigenvalue weighted by Crippen LogP contribution is 2.27. The highest BCUT2D eigenvalue weighted by Gasteiger charge is 2.29. The van der Waals surface area contributed by atoms with Gasteiger partial charge in [-0.2, -0.15) is 0 Å². The molecule has 0 amide bonds. The van der Waals surface area contributed by atoms with Crippen molar-refractivity contribution in [2.24, 2.45) is 5.41 Å². The molecule has 0 spiro atoms. The second kappa shape index (κ2) is 5.10. The van der Waals surface area contributed by atoms with Crippen molar-refractivity contribution in [3.05, 3.63) is 28.8 Å². The molecular weight excluding hydrogens is 244 g/mol. The Bertz CT molecular complexity index is 423. The van der Waals surface area contributed by atoms with Crippen molar-refractivity contribution in [3.63, 3.8) is 0 Å². The van der Waals surface area contributed by atoms with Crippen LogP contribution in [0, 0.1) is 12.3 Å². The van der Waals surface area contributed by atoms with Gasteiger partial charge in [0.25, 0.3) is 0 Å². The van der Waals surface area contributed by atoms with Crippen molar-refractivity contribution < 1.29 is 0 Å². The maximum absolute atomic E-state index is 6.22. The molecule has 0 saturated carbocycles. The molecule has 0 aromatic heterocycles. The van der Waals surface area contributed by atoms with Crippen LogP contribution in [0.4, 0.5) is 5.69 Å². The van der Waals surface area contributed by atoms with Gasteiger partial charge >= 0.3 is 0 Å². The maximum atomic E-state index is 6.22. The van der Waals surface area contributed by atoms with E-state index in [0.717, 1.165) is 30.2 Å². The Balaban J connectivity index is 2.15. The average Bonchev–Trinajstić information content (AvgIpc) is 2.32. The number of nitrogens with zero attached hydrogens (tertiary/aromatic N) is 1. The summed E-state index contributed by atoms with van der Waals surface area (Å²) in [5.41, 5.74) is 2.66. The van der Waals surface area contributed by atoms with Crippen LogP contribution in [-0.2, 0) is 0 Å². The summed E-state index contributed by atoms with van der Waals surface area (Å²) in [4.78, 5) is 2.43. The number of hydrogen-bond acceptors (Lipinski definition) is 2. The maximum Gasteiger partial charge on any atom is 0.0455 e. The quantitative estimate of drug-likeness (QED) is 0.837. The van der Waals surface area contributed by atoms with Crippen LogP contribution in [0.1, 0.15) is 26.3 Å². The molecule has 0 aliphatic carbocycles. The molecule has 1 unspecified atom stereocenters. The third kappa shape index (κ3) is 2.99. The molecule has 0 bridgehead atoms. The summed E-state index contributed by atoms with van der Waals surface area (Å²) in [6, 6.07) is 6.88. The molecule has 1 aliphatic rings. The van der Waals surface area contributed by atoms with Crippen molar-refractivity contribution >= 4 is 17.3 Å². The van der Waals surface area contributed by atoms with Gasteiger partial charge in [-0.1, -0.05) is 38.4 Å². The van der Waals surface area contributed by atoms with Crippen molar-refractivity contribution in [1.82, 2.24) is 5.32 Å². The smallest absolute Gasteiger partial charge is 0.0455 e. The molecule has 1 N–H and O–H groups in total. The molecule has 1 fully saturated rings. The van der Waals surface area contributed by atoms with Crippen molar-refractivity contribution in [3.8, 4) is 0 Å². The largest absolute Gasteiger partial charge is 0.369 e. The number of anilines is 1. The monoisotopic (exact) mass is 266 g/mol. The second-order valence-corrected chi connectivity index (χ2v) is 6.66. The molecule has 1 saturated heterocycles. The highest BCUT2D eigenvalue weighted by atomic mass is 35.5.